The molecule has 12 nitrogen and oxygen atoms in total. The highest BCUT2D eigenvalue weighted by molar-refractivity contribution is 5.91. The quantitative estimate of drug-likeness (QED) is 0.146. The smallest absolute Gasteiger partial charge is 0.338 e. The van der Waals surface area contributed by atoms with Crippen LogP contribution in [0, 0.1) is 20.2 Å². The summed E-state index contributed by atoms with van der Waals surface area (Å²) < 4.78 is 16.7. The standard InChI is InChI=1S/C32H36N2O10/c1-31(2,3)26-13-20(14-27(28(26)35)32(4,5)6)17-42-18-25(44-30(37)22-10-8-12-24(16-22)34(40)41)19-43-29(36)21-9-7-11-23(15-21)33(38)39/h7-16,25,35H,17-19H2,1-6H3/t25-/m1/s1. The van der Waals surface area contributed by atoms with Crippen molar-refractivity contribution < 1.29 is 38.8 Å². The number of non-ortho nitro benzene ring substituents is 2. The first kappa shape index (κ1) is 33.7. The number of carbonyl (C=O) groups excluding carboxylic acids is 2. The van der Waals surface area contributed by atoms with Crippen LogP contribution in [-0.4, -0.2) is 46.2 Å². The van der Waals surface area contributed by atoms with Crippen molar-refractivity contribution in [1.82, 2.24) is 0 Å². The van der Waals surface area contributed by atoms with E-state index in [1.165, 1.54) is 36.4 Å². The van der Waals surface area contributed by atoms with E-state index in [0.717, 1.165) is 28.8 Å². The molecule has 0 unspecified atom stereocenters. The van der Waals surface area contributed by atoms with Crippen molar-refractivity contribution in [2.75, 3.05) is 13.2 Å². The largest absolute Gasteiger partial charge is 0.507 e. The second-order valence-electron chi connectivity index (χ2n) is 12.3. The number of hydrogen-bond donors (Lipinski definition) is 1. The van der Waals surface area contributed by atoms with Gasteiger partial charge in [0.1, 0.15) is 12.4 Å². The highest BCUT2D eigenvalue weighted by Crippen LogP contribution is 2.40. The lowest BCUT2D eigenvalue weighted by Crippen LogP contribution is -2.30. The molecule has 0 aliphatic heterocycles. The van der Waals surface area contributed by atoms with Gasteiger partial charge >= 0.3 is 11.9 Å². The molecule has 0 spiro atoms. The van der Waals surface area contributed by atoms with Gasteiger partial charge < -0.3 is 19.3 Å². The average molecular weight is 609 g/mol. The predicted octanol–water partition coefficient (Wildman–Crippen LogP) is 6.40. The fourth-order valence-corrected chi connectivity index (χ4v) is 4.31. The summed E-state index contributed by atoms with van der Waals surface area (Å²) in [4.78, 5) is 46.5. The van der Waals surface area contributed by atoms with Gasteiger partial charge in [-0.2, -0.15) is 0 Å². The number of aromatic hydroxyl groups is 1. The lowest BCUT2D eigenvalue weighted by molar-refractivity contribution is -0.385. The SMILES string of the molecule is CC(C)(C)c1cc(COC[C@H](COC(=O)c2cccc([N+](=O)[O-])c2)OC(=O)c2cccc([N+](=O)[O-])c2)cc(C(C)(C)C)c1O. The number of esters is 2. The number of phenolic OH excluding ortho intramolecular Hbond substituents is 1. The van der Waals surface area contributed by atoms with Crippen molar-refractivity contribution in [3.05, 3.63) is 109 Å². The Morgan fingerprint density at radius 2 is 1.25 bits per heavy atom. The number of hydrogen-bond acceptors (Lipinski definition) is 10. The summed E-state index contributed by atoms with van der Waals surface area (Å²) in [6.45, 7) is 11.3. The predicted molar refractivity (Wildman–Crippen MR) is 161 cm³/mol. The number of nitro benzene ring substituents is 2. The minimum Gasteiger partial charge on any atom is -0.507 e. The van der Waals surface area contributed by atoms with Gasteiger partial charge in [-0.3, -0.25) is 20.2 Å². The van der Waals surface area contributed by atoms with Crippen molar-refractivity contribution in [2.45, 2.75) is 65.1 Å². The lowest BCUT2D eigenvalue weighted by Gasteiger charge is -2.28. The zero-order valence-electron chi connectivity index (χ0n) is 25.5. The molecule has 0 bridgehead atoms. The fraction of sp³-hybridized carbons (Fsp3) is 0.375. The van der Waals surface area contributed by atoms with Crippen LogP contribution in [0.5, 0.6) is 5.75 Å². The summed E-state index contributed by atoms with van der Waals surface area (Å²) >= 11 is 0. The van der Waals surface area contributed by atoms with E-state index in [2.05, 4.69) is 0 Å². The molecular weight excluding hydrogens is 572 g/mol. The van der Waals surface area contributed by atoms with Crippen molar-refractivity contribution >= 4 is 23.3 Å². The number of phenols is 1. The van der Waals surface area contributed by atoms with E-state index in [0.29, 0.717) is 0 Å². The zero-order chi connectivity index (χ0) is 32.8. The van der Waals surface area contributed by atoms with Crippen molar-refractivity contribution in [2.24, 2.45) is 0 Å². The van der Waals surface area contributed by atoms with E-state index in [4.69, 9.17) is 14.2 Å². The highest BCUT2D eigenvalue weighted by atomic mass is 16.6. The molecule has 44 heavy (non-hydrogen) atoms. The molecule has 1 atom stereocenters. The Balaban J connectivity index is 1.82. The highest BCUT2D eigenvalue weighted by Gasteiger charge is 2.27. The Morgan fingerprint density at radius 1 is 0.773 bits per heavy atom. The van der Waals surface area contributed by atoms with Crippen LogP contribution in [0.15, 0.2) is 60.7 Å². The summed E-state index contributed by atoms with van der Waals surface area (Å²) in [6, 6.07) is 13.7. The van der Waals surface area contributed by atoms with E-state index in [-0.39, 0.29) is 52.3 Å². The number of rotatable bonds is 11. The molecule has 0 fully saturated rings. The number of nitro groups is 2. The third-order valence-corrected chi connectivity index (χ3v) is 6.62. The molecule has 0 heterocycles. The van der Waals surface area contributed by atoms with Gasteiger partial charge in [-0.15, -0.1) is 0 Å². The summed E-state index contributed by atoms with van der Waals surface area (Å²) in [7, 11) is 0. The van der Waals surface area contributed by atoms with Crippen LogP contribution in [0.25, 0.3) is 0 Å². The Bertz CT molecular complexity index is 1520. The van der Waals surface area contributed by atoms with E-state index in [1.54, 1.807) is 0 Å². The lowest BCUT2D eigenvalue weighted by atomic mass is 9.78. The Kier molecular flexibility index (Phi) is 10.4. The molecule has 12 heteroatoms. The third kappa shape index (κ3) is 8.83. The topological polar surface area (TPSA) is 168 Å². The maximum Gasteiger partial charge on any atom is 0.338 e. The van der Waals surface area contributed by atoms with E-state index >= 15 is 0 Å². The van der Waals surface area contributed by atoms with Gasteiger partial charge in [0.05, 0.1) is 34.2 Å². The van der Waals surface area contributed by atoms with Gasteiger partial charge in [0.2, 0.25) is 0 Å². The van der Waals surface area contributed by atoms with Crippen molar-refractivity contribution in [3.63, 3.8) is 0 Å². The first-order valence-corrected chi connectivity index (χ1v) is 13.8. The average Bonchev–Trinajstić information content (AvgIpc) is 2.95. The Morgan fingerprint density at radius 3 is 1.70 bits per heavy atom. The van der Waals surface area contributed by atoms with Crippen LogP contribution >= 0.6 is 0 Å². The van der Waals surface area contributed by atoms with E-state index in [9.17, 15) is 34.9 Å². The summed E-state index contributed by atoms with van der Waals surface area (Å²) in [5.41, 5.74) is 0.750. The number of nitrogens with zero attached hydrogens (tertiary/aromatic N) is 2. The molecule has 0 aromatic heterocycles. The van der Waals surface area contributed by atoms with Gasteiger partial charge in [0.15, 0.2) is 6.10 Å². The molecule has 3 rings (SSSR count). The molecule has 0 radical (unpaired) electrons. The van der Waals surface area contributed by atoms with Gasteiger partial charge in [-0.25, -0.2) is 9.59 Å². The molecule has 0 saturated carbocycles. The third-order valence-electron chi connectivity index (χ3n) is 6.62. The zero-order valence-corrected chi connectivity index (χ0v) is 25.5. The van der Waals surface area contributed by atoms with Crippen LogP contribution in [0.3, 0.4) is 0 Å². The molecule has 3 aromatic carbocycles. The summed E-state index contributed by atoms with van der Waals surface area (Å²) in [5.74, 6) is -1.57. The maximum atomic E-state index is 12.9. The minimum absolute atomic E-state index is 0.0656. The van der Waals surface area contributed by atoms with Crippen molar-refractivity contribution in [3.8, 4) is 5.75 Å². The maximum absolute atomic E-state index is 12.9. The van der Waals surface area contributed by atoms with E-state index in [1.807, 2.05) is 53.7 Å². The normalized spacial score (nSPS) is 12.3. The molecule has 0 amide bonds. The number of carbonyl (C=O) groups is 2. The van der Waals surface area contributed by atoms with Crippen LogP contribution in [0.1, 0.15) is 78.9 Å². The van der Waals surface area contributed by atoms with Crippen LogP contribution in [-0.2, 0) is 31.6 Å². The van der Waals surface area contributed by atoms with Crippen LogP contribution in [0.2, 0.25) is 0 Å². The van der Waals surface area contributed by atoms with Gasteiger partial charge in [0, 0.05) is 24.3 Å². The Hall–Kier alpha value is -4.84. The Labute approximate surface area is 254 Å². The van der Waals surface area contributed by atoms with Crippen LogP contribution in [0.4, 0.5) is 11.4 Å². The number of benzene rings is 3. The molecule has 3 aromatic rings. The second-order valence-corrected chi connectivity index (χ2v) is 12.3. The van der Waals surface area contributed by atoms with Crippen molar-refractivity contribution in [1.29, 1.82) is 0 Å². The van der Waals surface area contributed by atoms with Gasteiger partial charge in [-0.1, -0.05) is 53.7 Å². The number of ether oxygens (including phenoxy) is 3. The fourth-order valence-electron chi connectivity index (χ4n) is 4.31. The summed E-state index contributed by atoms with van der Waals surface area (Å²) in [5, 5.41) is 33.3. The summed E-state index contributed by atoms with van der Waals surface area (Å²) in [6.07, 6.45) is -1.13. The molecule has 234 valence electrons. The second kappa shape index (κ2) is 13.6. The molecule has 1 N–H and O–H groups in total. The monoisotopic (exact) mass is 608 g/mol. The minimum atomic E-state index is -1.13. The first-order valence-electron chi connectivity index (χ1n) is 13.8. The van der Waals surface area contributed by atoms with Gasteiger partial charge in [0.25, 0.3) is 11.4 Å². The van der Waals surface area contributed by atoms with Gasteiger partial charge in [-0.05, 0) is 51.8 Å². The van der Waals surface area contributed by atoms with Crippen LogP contribution < -0.4 is 0 Å². The van der Waals surface area contributed by atoms with E-state index < -0.39 is 34.5 Å². The first-order chi connectivity index (χ1) is 20.5. The molecule has 0 aliphatic rings. The molecule has 0 saturated heterocycles. The molecule has 0 aliphatic carbocycles. The molecular formula is C32H36N2O10.